The maximum atomic E-state index is 13.1. The second-order valence-electron chi connectivity index (χ2n) is 11.1. The van der Waals surface area contributed by atoms with Crippen molar-refractivity contribution in [1.82, 2.24) is 9.96 Å². The minimum absolute atomic E-state index is 0.0989. The molecule has 1 aliphatic heterocycles. The summed E-state index contributed by atoms with van der Waals surface area (Å²) in [6, 6.07) is 6.70. The molecule has 1 aromatic carbocycles. The molecule has 0 saturated carbocycles. The van der Waals surface area contributed by atoms with Crippen molar-refractivity contribution in [2.45, 2.75) is 103 Å². The van der Waals surface area contributed by atoms with Crippen LogP contribution in [0.1, 0.15) is 99.8 Å². The van der Waals surface area contributed by atoms with E-state index in [2.05, 4.69) is 27.7 Å². The highest BCUT2D eigenvalue weighted by molar-refractivity contribution is 7.80. The number of hydrogen-bond acceptors (Lipinski definition) is 9. The van der Waals surface area contributed by atoms with Gasteiger partial charge in [-0.15, -0.1) is 5.06 Å². The Morgan fingerprint density at radius 3 is 1.52 bits per heavy atom. The van der Waals surface area contributed by atoms with Crippen LogP contribution in [0.3, 0.4) is 0 Å². The van der Waals surface area contributed by atoms with E-state index in [0.29, 0.717) is 42.7 Å². The lowest BCUT2D eigenvalue weighted by atomic mass is 10.0. The van der Waals surface area contributed by atoms with Gasteiger partial charge in [0.2, 0.25) is 0 Å². The van der Waals surface area contributed by atoms with Gasteiger partial charge in [0.25, 0.3) is 17.0 Å². The summed E-state index contributed by atoms with van der Waals surface area (Å²) in [5.41, 5.74) is 0.631. The molecule has 0 spiro atoms. The summed E-state index contributed by atoms with van der Waals surface area (Å²) in [4.78, 5) is 33.8. The van der Waals surface area contributed by atoms with E-state index in [-0.39, 0.29) is 13.2 Å². The number of carbonyl (C=O) groups excluding carboxylic acids is 2. The maximum Gasteiger partial charge on any atom is 0.285 e. The van der Waals surface area contributed by atoms with Crippen LogP contribution in [0.4, 0.5) is 0 Å². The van der Waals surface area contributed by atoms with Crippen molar-refractivity contribution in [3.63, 3.8) is 0 Å². The molecule has 0 bridgehead atoms. The van der Waals surface area contributed by atoms with Gasteiger partial charge in [-0.25, -0.2) is 0 Å². The highest BCUT2D eigenvalue weighted by Crippen LogP contribution is 2.25. The zero-order valence-corrected chi connectivity index (χ0v) is 28.4. The van der Waals surface area contributed by atoms with Crippen molar-refractivity contribution in [3.05, 3.63) is 35.4 Å². The lowest BCUT2D eigenvalue weighted by molar-refractivity contribution is -0.208. The van der Waals surface area contributed by atoms with E-state index in [1.54, 1.807) is 29.2 Å². The first-order valence-corrected chi connectivity index (χ1v) is 16.6. The minimum atomic E-state index is -0.674. The third kappa shape index (κ3) is 12.0. The molecule has 0 N–H and O–H groups in total. The summed E-state index contributed by atoms with van der Waals surface area (Å²) in [7, 11) is 3.66. The molecule has 0 fully saturated rings. The van der Waals surface area contributed by atoms with E-state index in [1.807, 2.05) is 14.1 Å². The number of thiocarbonyl (C=S) groups is 1. The molecule has 10 nitrogen and oxygen atoms in total. The number of carbonyl (C=O) groups is 2. The summed E-state index contributed by atoms with van der Waals surface area (Å²) < 4.78 is 31.9. The number of fused-ring (bicyclic) bond motifs is 1. The highest BCUT2D eigenvalue weighted by atomic mass is 32.1. The Bertz CT molecular complexity index is 959. The lowest BCUT2D eigenvalue weighted by Gasteiger charge is -2.38. The van der Waals surface area contributed by atoms with E-state index in [1.165, 1.54) is 0 Å². The van der Waals surface area contributed by atoms with Gasteiger partial charge >= 0.3 is 0 Å². The number of unbranched alkanes of at least 4 members (excludes halogenated alkanes) is 4. The van der Waals surface area contributed by atoms with Crippen LogP contribution in [-0.2, 0) is 28.5 Å². The number of amides is 2. The zero-order chi connectivity index (χ0) is 32.3. The van der Waals surface area contributed by atoms with Crippen LogP contribution in [0.2, 0.25) is 0 Å². The smallest absolute Gasteiger partial charge is 0.285 e. The van der Waals surface area contributed by atoms with Gasteiger partial charge in [-0.3, -0.25) is 14.4 Å². The van der Waals surface area contributed by atoms with Crippen molar-refractivity contribution < 1.29 is 38.1 Å². The standard InChI is InChI=1S/C33H54N2O8S/c1-7-11-19-38-27(23-42-33(44)34(5)6)29(40-21-13-9-3)30(41-22-14-10-4)28(39-20-12-8-2)24-43-35-31(36)25-17-15-16-18-26(25)32(35)37/h15-18,27-30H,7-14,19-24H2,1-6H3/t27-,28-,29-,30-/m1/s1. The Labute approximate surface area is 269 Å². The van der Waals surface area contributed by atoms with Gasteiger partial charge in [0.15, 0.2) is 0 Å². The summed E-state index contributed by atoms with van der Waals surface area (Å²) in [5, 5.41) is 1.17. The fourth-order valence-corrected chi connectivity index (χ4v) is 4.57. The Morgan fingerprint density at radius 2 is 1.11 bits per heavy atom. The Hall–Kier alpha value is -2.15. The summed E-state index contributed by atoms with van der Waals surface area (Å²) >= 11 is 5.41. The van der Waals surface area contributed by atoms with Gasteiger partial charge in [-0.2, -0.15) is 0 Å². The van der Waals surface area contributed by atoms with Crippen molar-refractivity contribution in [1.29, 1.82) is 0 Å². The molecule has 0 aliphatic carbocycles. The SMILES string of the molecule is CCCCO[C@@H]([C@H](OCCCC)[C@@H](CON1C(=O)c2ccccc2C1=O)OCCCC)[C@@H](COC(=S)N(C)C)OCCCC. The van der Waals surface area contributed by atoms with Gasteiger partial charge < -0.3 is 28.6 Å². The predicted molar refractivity (Wildman–Crippen MR) is 174 cm³/mol. The van der Waals surface area contributed by atoms with Crippen molar-refractivity contribution in [2.24, 2.45) is 0 Å². The molecule has 250 valence electrons. The average molecular weight is 639 g/mol. The molecule has 1 aromatic rings. The second kappa shape index (κ2) is 21.6. The van der Waals surface area contributed by atoms with Crippen LogP contribution in [0.25, 0.3) is 0 Å². The largest absolute Gasteiger partial charge is 0.468 e. The van der Waals surface area contributed by atoms with Crippen LogP contribution >= 0.6 is 12.2 Å². The van der Waals surface area contributed by atoms with E-state index < -0.39 is 36.2 Å². The fourth-order valence-electron chi connectivity index (χ4n) is 4.50. The topological polar surface area (TPSA) is 96.0 Å². The predicted octanol–water partition coefficient (Wildman–Crippen LogP) is 5.82. The van der Waals surface area contributed by atoms with Crippen molar-refractivity contribution >= 4 is 29.2 Å². The van der Waals surface area contributed by atoms with Gasteiger partial charge in [0, 0.05) is 40.5 Å². The molecule has 4 atom stereocenters. The molecule has 0 aromatic heterocycles. The number of hydroxylamine groups is 2. The van der Waals surface area contributed by atoms with Gasteiger partial charge in [0.1, 0.15) is 37.6 Å². The number of hydrogen-bond donors (Lipinski definition) is 0. The average Bonchev–Trinajstić information content (AvgIpc) is 3.26. The van der Waals surface area contributed by atoms with Crippen molar-refractivity contribution in [2.75, 3.05) is 53.7 Å². The molecule has 2 amide bonds. The molecule has 0 unspecified atom stereocenters. The first kappa shape index (κ1) is 38.0. The first-order valence-electron chi connectivity index (χ1n) is 16.2. The second-order valence-corrected chi connectivity index (χ2v) is 11.5. The quantitative estimate of drug-likeness (QED) is 0.0783. The molecule has 44 heavy (non-hydrogen) atoms. The van der Waals surface area contributed by atoms with Crippen LogP contribution in [0.15, 0.2) is 24.3 Å². The molecule has 1 heterocycles. The number of benzene rings is 1. The van der Waals surface area contributed by atoms with Gasteiger partial charge in [0.05, 0.1) is 11.1 Å². The highest BCUT2D eigenvalue weighted by Gasteiger charge is 2.42. The zero-order valence-electron chi connectivity index (χ0n) is 27.6. The lowest BCUT2D eigenvalue weighted by Crippen LogP contribution is -2.53. The van der Waals surface area contributed by atoms with Crippen molar-refractivity contribution in [3.8, 4) is 0 Å². The van der Waals surface area contributed by atoms with Gasteiger partial charge in [-0.1, -0.05) is 65.5 Å². The number of ether oxygens (including phenoxy) is 5. The van der Waals surface area contributed by atoms with Gasteiger partial charge in [-0.05, 0) is 50.0 Å². The molecule has 11 heteroatoms. The number of nitrogens with zero attached hydrogens (tertiary/aromatic N) is 2. The Morgan fingerprint density at radius 1 is 0.705 bits per heavy atom. The molecular formula is C33H54N2O8S. The maximum absolute atomic E-state index is 13.1. The summed E-state index contributed by atoms with van der Waals surface area (Å²) in [6.07, 6.45) is 4.73. The molecular weight excluding hydrogens is 584 g/mol. The number of imide groups is 1. The number of rotatable bonds is 24. The summed E-state index contributed by atoms with van der Waals surface area (Å²) in [6.45, 7) is 10.4. The normalized spacial score (nSPS) is 15.6. The van der Waals surface area contributed by atoms with E-state index in [4.69, 9.17) is 40.7 Å². The third-order valence-electron chi connectivity index (χ3n) is 7.19. The fraction of sp³-hybridized carbons (Fsp3) is 0.727. The molecule has 2 rings (SSSR count). The Balaban J connectivity index is 2.42. The first-order chi connectivity index (χ1) is 21.3. The van der Waals surface area contributed by atoms with Crippen LogP contribution in [0, 0.1) is 0 Å². The van der Waals surface area contributed by atoms with E-state index >= 15 is 0 Å². The molecule has 1 aliphatic rings. The van der Waals surface area contributed by atoms with Crippen LogP contribution < -0.4 is 0 Å². The summed E-state index contributed by atoms with van der Waals surface area (Å²) in [5.74, 6) is -0.994. The van der Waals surface area contributed by atoms with Crippen LogP contribution in [-0.4, -0.2) is 105 Å². The van der Waals surface area contributed by atoms with E-state index in [0.717, 1.165) is 56.4 Å². The monoisotopic (exact) mass is 638 g/mol. The third-order valence-corrected chi connectivity index (χ3v) is 7.68. The van der Waals surface area contributed by atoms with E-state index in [9.17, 15) is 9.59 Å². The minimum Gasteiger partial charge on any atom is -0.468 e. The molecule has 0 radical (unpaired) electrons. The van der Waals surface area contributed by atoms with Crippen LogP contribution in [0.5, 0.6) is 0 Å². The molecule has 0 saturated heterocycles. The Kier molecular flexibility index (Phi) is 18.6.